The molecule has 134 valence electrons. The fourth-order valence-electron chi connectivity index (χ4n) is 3.31. The Morgan fingerprint density at radius 2 is 1.92 bits per heavy atom. The van der Waals surface area contributed by atoms with Crippen LogP contribution in [0.5, 0.6) is 0 Å². The third-order valence-corrected chi connectivity index (χ3v) is 4.57. The summed E-state index contributed by atoms with van der Waals surface area (Å²) in [5, 5.41) is 4.48. The van der Waals surface area contributed by atoms with Gasteiger partial charge in [-0.05, 0) is 45.0 Å². The van der Waals surface area contributed by atoms with Crippen LogP contribution in [-0.4, -0.2) is 51.5 Å². The summed E-state index contributed by atoms with van der Waals surface area (Å²) in [5.74, 6) is 0.821. The molecule has 0 radical (unpaired) electrons. The molecule has 1 aromatic heterocycles. The van der Waals surface area contributed by atoms with Crippen LogP contribution in [0.15, 0.2) is 35.1 Å². The second kappa shape index (κ2) is 7.65. The van der Waals surface area contributed by atoms with Crippen LogP contribution in [0.4, 0.5) is 0 Å². The average molecular weight is 344 g/mol. The van der Waals surface area contributed by atoms with Gasteiger partial charge in [-0.25, -0.2) is 14.0 Å². The molecule has 0 atom stereocenters. The minimum Gasteiger partial charge on any atom is -0.465 e. The molecule has 0 saturated carbocycles. The molecule has 2 aromatic rings. The van der Waals surface area contributed by atoms with Crippen LogP contribution in [-0.2, 0) is 16.6 Å². The van der Waals surface area contributed by atoms with Gasteiger partial charge in [0.05, 0.1) is 18.8 Å². The molecule has 0 spiro atoms. The molecule has 0 unspecified atom stereocenters. The van der Waals surface area contributed by atoms with Crippen molar-refractivity contribution in [1.29, 1.82) is 0 Å². The Morgan fingerprint density at radius 3 is 2.56 bits per heavy atom. The lowest BCUT2D eigenvalue weighted by molar-refractivity contribution is -0.144. The molecule has 1 saturated heterocycles. The summed E-state index contributed by atoms with van der Waals surface area (Å²) in [7, 11) is 1.68. The van der Waals surface area contributed by atoms with Gasteiger partial charge in [0.25, 0.3) is 0 Å². The van der Waals surface area contributed by atoms with Crippen molar-refractivity contribution >= 4 is 5.97 Å². The Kier molecular flexibility index (Phi) is 5.33. The Bertz CT molecular complexity index is 773. The molecule has 1 fully saturated rings. The summed E-state index contributed by atoms with van der Waals surface area (Å²) >= 11 is 0. The van der Waals surface area contributed by atoms with E-state index in [0.29, 0.717) is 13.2 Å². The highest BCUT2D eigenvalue weighted by Gasteiger charge is 2.27. The first-order valence-corrected chi connectivity index (χ1v) is 8.69. The summed E-state index contributed by atoms with van der Waals surface area (Å²) in [4.78, 5) is 26.2. The van der Waals surface area contributed by atoms with Crippen molar-refractivity contribution in [3.8, 4) is 5.69 Å². The minimum absolute atomic E-state index is 0.129. The predicted octanol–water partition coefficient (Wildman–Crippen LogP) is 1.31. The number of piperidine rings is 1. The van der Waals surface area contributed by atoms with Crippen LogP contribution in [0.3, 0.4) is 0 Å². The van der Waals surface area contributed by atoms with Gasteiger partial charge in [0.15, 0.2) is 0 Å². The monoisotopic (exact) mass is 344 g/mol. The SMILES string of the molecule is CCOC(=O)CN1CCC(c2nn(C)c(=O)n2-c2ccccc2)CC1. The topological polar surface area (TPSA) is 69.4 Å². The van der Waals surface area contributed by atoms with Crippen LogP contribution in [0.1, 0.15) is 31.5 Å². The molecule has 0 aliphatic carbocycles. The number of carbonyl (C=O) groups excluding carboxylic acids is 1. The first-order valence-electron chi connectivity index (χ1n) is 8.69. The molecule has 1 aromatic carbocycles. The lowest BCUT2D eigenvalue weighted by Crippen LogP contribution is -2.38. The highest BCUT2D eigenvalue weighted by Crippen LogP contribution is 2.27. The lowest BCUT2D eigenvalue weighted by atomic mass is 9.96. The fourth-order valence-corrected chi connectivity index (χ4v) is 3.31. The average Bonchev–Trinajstić information content (AvgIpc) is 2.92. The third-order valence-electron chi connectivity index (χ3n) is 4.57. The summed E-state index contributed by atoms with van der Waals surface area (Å²) in [5.41, 5.74) is 0.708. The number of hydrogen-bond donors (Lipinski definition) is 0. The zero-order chi connectivity index (χ0) is 17.8. The van der Waals surface area contributed by atoms with E-state index >= 15 is 0 Å². The molecule has 3 rings (SSSR count). The van der Waals surface area contributed by atoms with Gasteiger partial charge in [0.2, 0.25) is 0 Å². The number of aryl methyl sites for hydroxylation is 1. The molecule has 7 nitrogen and oxygen atoms in total. The number of aromatic nitrogens is 3. The Hall–Kier alpha value is -2.41. The first kappa shape index (κ1) is 17.4. The summed E-state index contributed by atoms with van der Waals surface area (Å²) < 4.78 is 8.11. The first-order chi connectivity index (χ1) is 12.1. The summed E-state index contributed by atoms with van der Waals surface area (Å²) in [6, 6.07) is 9.60. The second-order valence-electron chi connectivity index (χ2n) is 6.29. The molecule has 0 N–H and O–H groups in total. The van der Waals surface area contributed by atoms with Gasteiger partial charge >= 0.3 is 11.7 Å². The number of carbonyl (C=O) groups is 1. The van der Waals surface area contributed by atoms with E-state index in [2.05, 4.69) is 10.00 Å². The Labute approximate surface area is 146 Å². The molecule has 1 aliphatic rings. The van der Waals surface area contributed by atoms with Crippen LogP contribution >= 0.6 is 0 Å². The van der Waals surface area contributed by atoms with E-state index in [0.717, 1.165) is 37.4 Å². The molecular weight excluding hydrogens is 320 g/mol. The molecule has 0 bridgehead atoms. The highest BCUT2D eigenvalue weighted by atomic mass is 16.5. The maximum Gasteiger partial charge on any atom is 0.350 e. The van der Waals surface area contributed by atoms with Gasteiger partial charge in [-0.15, -0.1) is 0 Å². The molecule has 0 amide bonds. The number of likely N-dealkylation sites (tertiary alicyclic amines) is 1. The van der Waals surface area contributed by atoms with Crippen LogP contribution in [0.25, 0.3) is 5.69 Å². The maximum absolute atomic E-state index is 12.5. The summed E-state index contributed by atoms with van der Waals surface area (Å²) in [6.07, 6.45) is 1.73. The van der Waals surface area contributed by atoms with Crippen molar-refractivity contribution in [2.75, 3.05) is 26.2 Å². The van der Waals surface area contributed by atoms with E-state index in [-0.39, 0.29) is 17.6 Å². The van der Waals surface area contributed by atoms with Gasteiger partial charge in [-0.1, -0.05) is 18.2 Å². The number of benzene rings is 1. The van der Waals surface area contributed by atoms with E-state index in [1.54, 1.807) is 11.6 Å². The Balaban J connectivity index is 1.75. The second-order valence-corrected chi connectivity index (χ2v) is 6.29. The van der Waals surface area contributed by atoms with E-state index in [9.17, 15) is 9.59 Å². The van der Waals surface area contributed by atoms with Crippen molar-refractivity contribution in [3.05, 3.63) is 46.6 Å². The molecule has 2 heterocycles. The largest absolute Gasteiger partial charge is 0.465 e. The fraction of sp³-hybridized carbons (Fsp3) is 0.500. The zero-order valence-corrected chi connectivity index (χ0v) is 14.7. The van der Waals surface area contributed by atoms with E-state index in [4.69, 9.17) is 4.74 Å². The number of rotatable bonds is 5. The van der Waals surface area contributed by atoms with Crippen molar-refractivity contribution in [2.24, 2.45) is 7.05 Å². The molecule has 7 heteroatoms. The number of esters is 1. The zero-order valence-electron chi connectivity index (χ0n) is 14.7. The number of hydrogen-bond acceptors (Lipinski definition) is 5. The third kappa shape index (κ3) is 3.82. The predicted molar refractivity (Wildman–Crippen MR) is 93.9 cm³/mol. The number of para-hydroxylation sites is 1. The van der Waals surface area contributed by atoms with E-state index in [1.807, 2.05) is 37.3 Å². The number of ether oxygens (including phenoxy) is 1. The number of nitrogens with zero attached hydrogens (tertiary/aromatic N) is 4. The molecule has 25 heavy (non-hydrogen) atoms. The summed E-state index contributed by atoms with van der Waals surface area (Å²) in [6.45, 7) is 4.14. The standard InChI is InChI=1S/C18H24N4O3/c1-3-25-16(23)13-21-11-9-14(10-12-21)17-19-20(2)18(24)22(17)15-7-5-4-6-8-15/h4-8,14H,3,9-13H2,1-2H3. The van der Waals surface area contributed by atoms with Crippen LogP contribution in [0, 0.1) is 0 Å². The Morgan fingerprint density at radius 1 is 1.24 bits per heavy atom. The van der Waals surface area contributed by atoms with E-state index in [1.165, 1.54) is 4.68 Å². The normalized spacial score (nSPS) is 16.1. The van der Waals surface area contributed by atoms with Crippen molar-refractivity contribution in [1.82, 2.24) is 19.2 Å². The molecular formula is C18H24N4O3. The van der Waals surface area contributed by atoms with Crippen LogP contribution < -0.4 is 5.69 Å². The van der Waals surface area contributed by atoms with Gasteiger partial charge < -0.3 is 4.74 Å². The van der Waals surface area contributed by atoms with Gasteiger partial charge in [0.1, 0.15) is 5.82 Å². The highest BCUT2D eigenvalue weighted by molar-refractivity contribution is 5.71. The van der Waals surface area contributed by atoms with Gasteiger partial charge in [0, 0.05) is 13.0 Å². The quantitative estimate of drug-likeness (QED) is 0.765. The van der Waals surface area contributed by atoms with Crippen LogP contribution in [0.2, 0.25) is 0 Å². The van der Waals surface area contributed by atoms with E-state index < -0.39 is 0 Å². The van der Waals surface area contributed by atoms with Crippen molar-refractivity contribution in [3.63, 3.8) is 0 Å². The van der Waals surface area contributed by atoms with Crippen molar-refractivity contribution in [2.45, 2.75) is 25.7 Å². The van der Waals surface area contributed by atoms with Gasteiger partial charge in [-0.2, -0.15) is 5.10 Å². The maximum atomic E-state index is 12.5. The molecule has 1 aliphatic heterocycles. The van der Waals surface area contributed by atoms with Gasteiger partial charge in [-0.3, -0.25) is 9.69 Å². The minimum atomic E-state index is -0.181. The van der Waals surface area contributed by atoms with Crippen molar-refractivity contribution < 1.29 is 9.53 Å². The lowest BCUT2D eigenvalue weighted by Gasteiger charge is -2.30. The smallest absolute Gasteiger partial charge is 0.350 e.